The van der Waals surface area contributed by atoms with Crippen molar-refractivity contribution >= 4 is 5.78 Å². The molecule has 150 valence electrons. The molecule has 3 unspecified atom stereocenters. The zero-order valence-corrected chi connectivity index (χ0v) is 17.5. The van der Waals surface area contributed by atoms with Crippen LogP contribution >= 0.6 is 0 Å². The number of carbonyl (C=O) groups is 1. The smallest absolute Gasteiger partial charge is 0.144 e. The third-order valence-corrected chi connectivity index (χ3v) is 8.80. The third kappa shape index (κ3) is 2.62. The Morgan fingerprint density at radius 1 is 1.19 bits per heavy atom. The first-order valence-electron chi connectivity index (χ1n) is 10.5. The van der Waals surface area contributed by atoms with Crippen molar-refractivity contribution in [1.29, 1.82) is 0 Å². The van der Waals surface area contributed by atoms with Crippen LogP contribution in [-0.4, -0.2) is 43.4 Å². The number of Topliss-reactive ketones (excluding diaryl/α,β-unsaturated/α-hetero) is 1. The number of aliphatic hydroxyl groups excluding tert-OH is 1. The van der Waals surface area contributed by atoms with Gasteiger partial charge in [-0.25, -0.2) is 0 Å². The molecule has 4 heteroatoms. The summed E-state index contributed by atoms with van der Waals surface area (Å²) < 4.78 is 11.6. The summed E-state index contributed by atoms with van der Waals surface area (Å²) in [4.78, 5) is 13.7. The van der Waals surface area contributed by atoms with Crippen LogP contribution in [0.2, 0.25) is 0 Å². The predicted molar refractivity (Wildman–Crippen MR) is 102 cm³/mol. The van der Waals surface area contributed by atoms with Crippen LogP contribution < -0.4 is 0 Å². The molecular weight excluding hydrogens is 328 g/mol. The maximum atomic E-state index is 13.7. The van der Waals surface area contributed by atoms with Crippen molar-refractivity contribution in [2.75, 3.05) is 20.3 Å². The van der Waals surface area contributed by atoms with Crippen molar-refractivity contribution in [2.45, 2.75) is 78.9 Å². The fourth-order valence-electron chi connectivity index (χ4n) is 6.99. The highest BCUT2D eigenvalue weighted by molar-refractivity contribution is 5.87. The number of hydrogen-bond acceptors (Lipinski definition) is 4. The van der Waals surface area contributed by atoms with Gasteiger partial charge in [0.15, 0.2) is 0 Å². The van der Waals surface area contributed by atoms with Gasteiger partial charge in [0.05, 0.1) is 24.2 Å². The number of ether oxygens (including phenoxy) is 2. The second-order valence-electron chi connectivity index (χ2n) is 9.83. The fourth-order valence-corrected chi connectivity index (χ4v) is 6.99. The molecule has 3 aliphatic carbocycles. The molecule has 3 rings (SSSR count). The standard InChI is InChI=1S/C22H38O4/c1-7-26-13-20(4)12-17(23)21(5)14(2)8-10-22(15(3)19(20)24)11-9-16(25-6)18(21)22/h14-18,23H,7-13H2,1-6H3/t14-,15+,16?,17-,18?,20+,21+,22?/m1/s1. The average molecular weight is 367 g/mol. The molecule has 0 saturated heterocycles. The molecule has 0 aromatic rings. The van der Waals surface area contributed by atoms with Gasteiger partial charge >= 0.3 is 0 Å². The van der Waals surface area contributed by atoms with Gasteiger partial charge in [0, 0.05) is 25.0 Å². The lowest BCUT2D eigenvalue weighted by Gasteiger charge is -2.61. The summed E-state index contributed by atoms with van der Waals surface area (Å²) in [5.74, 6) is 0.929. The van der Waals surface area contributed by atoms with Crippen LogP contribution in [0.3, 0.4) is 0 Å². The highest BCUT2D eigenvalue weighted by Crippen LogP contribution is 2.68. The first-order valence-corrected chi connectivity index (χ1v) is 10.5. The molecule has 0 heterocycles. The Morgan fingerprint density at radius 3 is 2.46 bits per heavy atom. The molecular formula is C22H38O4. The fraction of sp³-hybridized carbons (Fsp3) is 0.955. The normalized spacial score (nSPS) is 51.7. The second-order valence-corrected chi connectivity index (χ2v) is 9.83. The predicted octanol–water partition coefficient (Wildman–Crippen LogP) is 3.85. The first kappa shape index (κ1) is 20.3. The number of carbonyl (C=O) groups excluding carboxylic acids is 1. The molecule has 0 aliphatic heterocycles. The molecule has 0 spiro atoms. The Hall–Kier alpha value is -0.450. The minimum absolute atomic E-state index is 0.0163. The van der Waals surface area contributed by atoms with E-state index in [0.29, 0.717) is 25.6 Å². The molecule has 3 saturated carbocycles. The highest BCUT2D eigenvalue weighted by atomic mass is 16.5. The van der Waals surface area contributed by atoms with Gasteiger partial charge in [-0.05, 0) is 56.3 Å². The quantitative estimate of drug-likeness (QED) is 0.821. The summed E-state index contributed by atoms with van der Waals surface area (Å²) in [5, 5.41) is 11.5. The van der Waals surface area contributed by atoms with E-state index in [1.807, 2.05) is 13.8 Å². The Labute approximate surface area is 159 Å². The number of ketones is 1. The second kappa shape index (κ2) is 6.86. The maximum Gasteiger partial charge on any atom is 0.144 e. The van der Waals surface area contributed by atoms with Crippen molar-refractivity contribution in [3.8, 4) is 0 Å². The Bertz CT molecular complexity index is 548. The summed E-state index contributed by atoms with van der Waals surface area (Å²) in [6.07, 6.45) is 4.29. The lowest BCUT2D eigenvalue weighted by molar-refractivity contribution is -0.195. The number of hydrogen-bond donors (Lipinski definition) is 1. The summed E-state index contributed by atoms with van der Waals surface area (Å²) in [5.41, 5.74) is -0.887. The molecule has 2 bridgehead atoms. The van der Waals surface area contributed by atoms with Crippen molar-refractivity contribution < 1.29 is 19.4 Å². The molecule has 26 heavy (non-hydrogen) atoms. The Balaban J connectivity index is 2.12. The van der Waals surface area contributed by atoms with Gasteiger partial charge in [-0.3, -0.25) is 4.79 Å². The van der Waals surface area contributed by atoms with Gasteiger partial charge in [0.25, 0.3) is 0 Å². The van der Waals surface area contributed by atoms with Gasteiger partial charge in [-0.2, -0.15) is 0 Å². The largest absolute Gasteiger partial charge is 0.393 e. The summed E-state index contributed by atoms with van der Waals surface area (Å²) in [6.45, 7) is 11.7. The summed E-state index contributed by atoms with van der Waals surface area (Å²) in [6, 6.07) is 0. The SMILES string of the molecule is CCOC[C@]1(C)C[C@@H](O)[C@@]2(C)C3C(OC)CCC3(CC[C@H]2C)[C@@H](C)C1=O. The van der Waals surface area contributed by atoms with Gasteiger partial charge in [0.1, 0.15) is 5.78 Å². The number of methoxy groups -OCH3 is 1. The van der Waals surface area contributed by atoms with Crippen LogP contribution in [-0.2, 0) is 14.3 Å². The lowest BCUT2D eigenvalue weighted by atomic mass is 9.44. The zero-order chi connectivity index (χ0) is 19.3. The lowest BCUT2D eigenvalue weighted by Crippen LogP contribution is -2.62. The molecule has 0 amide bonds. The first-order chi connectivity index (χ1) is 12.2. The van der Waals surface area contributed by atoms with E-state index < -0.39 is 11.5 Å². The van der Waals surface area contributed by atoms with Crippen LogP contribution in [0, 0.1) is 34.0 Å². The van der Waals surface area contributed by atoms with Crippen molar-refractivity contribution in [2.24, 2.45) is 34.0 Å². The van der Waals surface area contributed by atoms with E-state index in [0.717, 1.165) is 25.7 Å². The van der Waals surface area contributed by atoms with E-state index in [1.54, 1.807) is 7.11 Å². The Morgan fingerprint density at radius 2 is 1.85 bits per heavy atom. The minimum atomic E-state index is -0.615. The maximum absolute atomic E-state index is 13.7. The van der Waals surface area contributed by atoms with Crippen molar-refractivity contribution in [3.63, 3.8) is 0 Å². The van der Waals surface area contributed by atoms with Gasteiger partial charge in [-0.15, -0.1) is 0 Å². The van der Waals surface area contributed by atoms with Gasteiger partial charge in [0.2, 0.25) is 0 Å². The van der Waals surface area contributed by atoms with E-state index in [1.165, 1.54) is 0 Å². The van der Waals surface area contributed by atoms with E-state index in [2.05, 4.69) is 20.8 Å². The molecule has 3 fully saturated rings. The third-order valence-electron chi connectivity index (χ3n) is 8.80. The minimum Gasteiger partial charge on any atom is -0.393 e. The van der Waals surface area contributed by atoms with E-state index in [-0.39, 0.29) is 34.6 Å². The van der Waals surface area contributed by atoms with E-state index in [9.17, 15) is 9.90 Å². The highest BCUT2D eigenvalue weighted by Gasteiger charge is 2.67. The molecule has 3 aliphatic rings. The summed E-state index contributed by atoms with van der Waals surface area (Å²) in [7, 11) is 1.80. The van der Waals surface area contributed by atoms with Crippen LogP contribution in [0.4, 0.5) is 0 Å². The van der Waals surface area contributed by atoms with Gasteiger partial charge < -0.3 is 14.6 Å². The topological polar surface area (TPSA) is 55.8 Å². The molecule has 0 aromatic carbocycles. The molecule has 4 nitrogen and oxygen atoms in total. The zero-order valence-electron chi connectivity index (χ0n) is 17.5. The average Bonchev–Trinajstić information content (AvgIpc) is 3.02. The summed E-state index contributed by atoms with van der Waals surface area (Å²) >= 11 is 0. The van der Waals surface area contributed by atoms with Crippen LogP contribution in [0.15, 0.2) is 0 Å². The van der Waals surface area contributed by atoms with Crippen molar-refractivity contribution in [3.05, 3.63) is 0 Å². The Kier molecular flexibility index (Phi) is 5.35. The van der Waals surface area contributed by atoms with Crippen LogP contribution in [0.25, 0.3) is 0 Å². The van der Waals surface area contributed by atoms with Crippen molar-refractivity contribution in [1.82, 2.24) is 0 Å². The van der Waals surface area contributed by atoms with E-state index in [4.69, 9.17) is 9.47 Å². The number of rotatable bonds is 4. The van der Waals surface area contributed by atoms with Crippen LogP contribution in [0.1, 0.15) is 66.7 Å². The molecule has 1 N–H and O–H groups in total. The van der Waals surface area contributed by atoms with Gasteiger partial charge in [-0.1, -0.05) is 27.7 Å². The van der Waals surface area contributed by atoms with Crippen LogP contribution in [0.5, 0.6) is 0 Å². The number of aliphatic hydroxyl groups is 1. The molecule has 0 radical (unpaired) electrons. The molecule has 0 aromatic heterocycles. The van der Waals surface area contributed by atoms with E-state index >= 15 is 0 Å². The monoisotopic (exact) mass is 366 g/mol. The molecule has 8 atom stereocenters.